The fraction of sp³-hybridized carbons (Fsp3) is 0.417. The van der Waals surface area contributed by atoms with Gasteiger partial charge in [-0.15, -0.1) is 0 Å². The van der Waals surface area contributed by atoms with Gasteiger partial charge in [0.15, 0.2) is 0 Å². The number of amides is 1. The van der Waals surface area contributed by atoms with Crippen molar-refractivity contribution in [3.8, 4) is 0 Å². The third-order valence-corrected chi connectivity index (χ3v) is 2.93. The van der Waals surface area contributed by atoms with Gasteiger partial charge in [-0.05, 0) is 5.56 Å². The summed E-state index contributed by atoms with van der Waals surface area (Å²) in [7, 11) is 0. The maximum absolute atomic E-state index is 11.4. The molecule has 0 spiro atoms. The first-order valence-electron chi connectivity index (χ1n) is 5.34. The molecule has 16 heavy (non-hydrogen) atoms. The molecule has 1 saturated heterocycles. The molecule has 4 nitrogen and oxygen atoms in total. The fourth-order valence-electron chi connectivity index (χ4n) is 1.93. The Morgan fingerprint density at radius 2 is 2.06 bits per heavy atom. The maximum Gasteiger partial charge on any atom is 0.225 e. The predicted octanol–water partition coefficient (Wildman–Crippen LogP) is 0.141. The van der Waals surface area contributed by atoms with E-state index in [1.165, 1.54) is 0 Å². The summed E-state index contributed by atoms with van der Waals surface area (Å²) in [6, 6.07) is 9.38. The molecule has 4 heteroatoms. The fourth-order valence-corrected chi connectivity index (χ4v) is 1.93. The van der Waals surface area contributed by atoms with Crippen molar-refractivity contribution < 1.29 is 15.0 Å². The summed E-state index contributed by atoms with van der Waals surface area (Å²) in [6.07, 6.45) is -0.504. The SMILES string of the molecule is O=C1C[C@H](C(O)CO)N1Cc1ccccc1. The lowest BCUT2D eigenvalue weighted by molar-refractivity contribution is -0.154. The standard InChI is InChI=1S/C12H15NO3/c14-8-11(15)10-6-12(16)13(10)7-9-4-2-1-3-5-9/h1-5,10-11,14-15H,6-8H2/t10-,11?/m1/s1. The number of aliphatic hydroxyl groups is 2. The van der Waals surface area contributed by atoms with Gasteiger partial charge in [-0.1, -0.05) is 30.3 Å². The average Bonchev–Trinajstić information content (AvgIpc) is 2.33. The van der Waals surface area contributed by atoms with Crippen LogP contribution in [0.4, 0.5) is 0 Å². The molecule has 1 unspecified atom stereocenters. The summed E-state index contributed by atoms with van der Waals surface area (Å²) in [5.41, 5.74) is 1.03. The number of hydrogen-bond donors (Lipinski definition) is 2. The van der Waals surface area contributed by atoms with Gasteiger partial charge in [0.05, 0.1) is 18.8 Å². The number of carbonyl (C=O) groups is 1. The van der Waals surface area contributed by atoms with Gasteiger partial charge in [0, 0.05) is 13.0 Å². The minimum Gasteiger partial charge on any atom is -0.394 e. The molecule has 1 aromatic rings. The lowest BCUT2D eigenvalue weighted by Crippen LogP contribution is -2.58. The highest BCUT2D eigenvalue weighted by Crippen LogP contribution is 2.24. The number of carbonyl (C=O) groups excluding carboxylic acids is 1. The highest BCUT2D eigenvalue weighted by molar-refractivity contribution is 5.83. The van der Waals surface area contributed by atoms with Crippen LogP contribution in [0.5, 0.6) is 0 Å². The number of aliphatic hydroxyl groups excluding tert-OH is 2. The zero-order valence-corrected chi connectivity index (χ0v) is 8.91. The van der Waals surface area contributed by atoms with E-state index in [2.05, 4.69) is 0 Å². The third kappa shape index (κ3) is 2.08. The molecule has 2 atom stereocenters. The van der Waals surface area contributed by atoms with Crippen molar-refractivity contribution >= 4 is 5.91 Å². The number of hydrogen-bond acceptors (Lipinski definition) is 3. The summed E-state index contributed by atoms with van der Waals surface area (Å²) < 4.78 is 0. The van der Waals surface area contributed by atoms with Crippen LogP contribution < -0.4 is 0 Å². The zero-order valence-electron chi connectivity index (χ0n) is 8.91. The number of β-lactam (4-membered cyclic amide) rings is 1. The number of benzene rings is 1. The van der Waals surface area contributed by atoms with Crippen LogP contribution in [0.15, 0.2) is 30.3 Å². The van der Waals surface area contributed by atoms with Crippen molar-refractivity contribution in [2.24, 2.45) is 0 Å². The number of likely N-dealkylation sites (tertiary alicyclic amines) is 1. The minimum atomic E-state index is -0.832. The van der Waals surface area contributed by atoms with Gasteiger partial charge in [0.25, 0.3) is 0 Å². The second kappa shape index (κ2) is 4.63. The van der Waals surface area contributed by atoms with E-state index in [0.29, 0.717) is 13.0 Å². The van der Waals surface area contributed by atoms with Crippen molar-refractivity contribution in [1.29, 1.82) is 0 Å². The van der Waals surface area contributed by atoms with Gasteiger partial charge in [0.2, 0.25) is 5.91 Å². The number of nitrogens with zero attached hydrogens (tertiary/aromatic N) is 1. The molecule has 2 rings (SSSR count). The van der Waals surface area contributed by atoms with E-state index in [1.54, 1.807) is 4.90 Å². The normalized spacial score (nSPS) is 21.8. The summed E-state index contributed by atoms with van der Waals surface area (Å²) >= 11 is 0. The van der Waals surface area contributed by atoms with E-state index < -0.39 is 6.10 Å². The molecule has 1 amide bonds. The highest BCUT2D eigenvalue weighted by atomic mass is 16.3. The van der Waals surface area contributed by atoms with Gasteiger partial charge >= 0.3 is 0 Å². The lowest BCUT2D eigenvalue weighted by Gasteiger charge is -2.42. The van der Waals surface area contributed by atoms with Crippen LogP contribution in [-0.2, 0) is 11.3 Å². The summed E-state index contributed by atoms with van der Waals surface area (Å²) in [6.45, 7) is 0.199. The van der Waals surface area contributed by atoms with Gasteiger partial charge in [-0.2, -0.15) is 0 Å². The monoisotopic (exact) mass is 221 g/mol. The topological polar surface area (TPSA) is 60.8 Å². The first kappa shape index (κ1) is 11.1. The second-order valence-electron chi connectivity index (χ2n) is 4.03. The van der Waals surface area contributed by atoms with Crippen molar-refractivity contribution in [2.75, 3.05) is 6.61 Å². The Labute approximate surface area is 94.1 Å². The van der Waals surface area contributed by atoms with Crippen molar-refractivity contribution in [1.82, 2.24) is 4.90 Å². The van der Waals surface area contributed by atoms with E-state index in [0.717, 1.165) is 5.56 Å². The Morgan fingerprint density at radius 1 is 1.38 bits per heavy atom. The Morgan fingerprint density at radius 3 is 2.62 bits per heavy atom. The van der Waals surface area contributed by atoms with E-state index in [1.807, 2.05) is 30.3 Å². The Bertz CT molecular complexity index is 366. The van der Waals surface area contributed by atoms with Gasteiger partial charge < -0.3 is 15.1 Å². The first-order chi connectivity index (χ1) is 7.72. The summed E-state index contributed by atoms with van der Waals surface area (Å²) in [4.78, 5) is 13.0. The smallest absolute Gasteiger partial charge is 0.225 e. The van der Waals surface area contributed by atoms with Gasteiger partial charge in [-0.3, -0.25) is 4.79 Å². The largest absolute Gasteiger partial charge is 0.394 e. The molecule has 0 radical (unpaired) electrons. The predicted molar refractivity (Wildman–Crippen MR) is 58.5 cm³/mol. The molecular weight excluding hydrogens is 206 g/mol. The molecular formula is C12H15NO3. The minimum absolute atomic E-state index is 0.0290. The Kier molecular flexibility index (Phi) is 3.22. The van der Waals surface area contributed by atoms with Gasteiger partial charge in [-0.25, -0.2) is 0 Å². The number of rotatable bonds is 4. The quantitative estimate of drug-likeness (QED) is 0.711. The molecule has 0 aromatic heterocycles. The van der Waals surface area contributed by atoms with Crippen LogP contribution in [0.1, 0.15) is 12.0 Å². The lowest BCUT2D eigenvalue weighted by atomic mass is 9.95. The van der Waals surface area contributed by atoms with E-state index >= 15 is 0 Å². The highest BCUT2D eigenvalue weighted by Gasteiger charge is 2.40. The molecule has 1 heterocycles. The Hall–Kier alpha value is -1.39. The molecule has 1 fully saturated rings. The van der Waals surface area contributed by atoms with Crippen LogP contribution >= 0.6 is 0 Å². The molecule has 2 N–H and O–H groups in total. The van der Waals surface area contributed by atoms with Crippen molar-refractivity contribution in [3.63, 3.8) is 0 Å². The Balaban J connectivity index is 2.01. The van der Waals surface area contributed by atoms with Crippen LogP contribution in [0.3, 0.4) is 0 Å². The maximum atomic E-state index is 11.4. The molecule has 0 aliphatic carbocycles. The van der Waals surface area contributed by atoms with Crippen LogP contribution in [0.25, 0.3) is 0 Å². The van der Waals surface area contributed by atoms with E-state index in [9.17, 15) is 9.90 Å². The van der Waals surface area contributed by atoms with Crippen LogP contribution in [0, 0.1) is 0 Å². The van der Waals surface area contributed by atoms with E-state index in [-0.39, 0.29) is 18.6 Å². The van der Waals surface area contributed by atoms with Crippen molar-refractivity contribution in [2.45, 2.75) is 25.1 Å². The van der Waals surface area contributed by atoms with E-state index in [4.69, 9.17) is 5.11 Å². The third-order valence-electron chi connectivity index (χ3n) is 2.93. The summed E-state index contributed by atoms with van der Waals surface area (Å²) in [5.74, 6) is 0.0290. The van der Waals surface area contributed by atoms with Crippen LogP contribution in [-0.4, -0.2) is 39.8 Å². The zero-order chi connectivity index (χ0) is 11.5. The summed E-state index contributed by atoms with van der Waals surface area (Å²) in [5, 5.41) is 18.4. The van der Waals surface area contributed by atoms with Crippen molar-refractivity contribution in [3.05, 3.63) is 35.9 Å². The van der Waals surface area contributed by atoms with Crippen LogP contribution in [0.2, 0.25) is 0 Å². The average molecular weight is 221 g/mol. The molecule has 1 aliphatic rings. The molecule has 86 valence electrons. The van der Waals surface area contributed by atoms with Gasteiger partial charge in [0.1, 0.15) is 0 Å². The molecule has 0 saturated carbocycles. The second-order valence-corrected chi connectivity index (χ2v) is 4.03. The molecule has 1 aliphatic heterocycles. The molecule has 1 aromatic carbocycles. The molecule has 0 bridgehead atoms. The first-order valence-corrected chi connectivity index (χ1v) is 5.34.